The van der Waals surface area contributed by atoms with Gasteiger partial charge in [-0.25, -0.2) is 19.1 Å². The fourth-order valence-corrected chi connectivity index (χ4v) is 1.73. The zero-order valence-electron chi connectivity index (χ0n) is 11.1. The van der Waals surface area contributed by atoms with E-state index in [4.69, 9.17) is 9.15 Å². The minimum Gasteiger partial charge on any atom is -0.405 e. The molecule has 1 amide bonds. The van der Waals surface area contributed by atoms with Crippen LogP contribution in [0.3, 0.4) is 0 Å². The van der Waals surface area contributed by atoms with Gasteiger partial charge in [0.25, 0.3) is 5.56 Å². The summed E-state index contributed by atoms with van der Waals surface area (Å²) in [6.07, 6.45) is 1.08. The Morgan fingerprint density at radius 1 is 1.41 bits per heavy atom. The van der Waals surface area contributed by atoms with Gasteiger partial charge >= 0.3 is 17.7 Å². The Labute approximate surface area is 120 Å². The summed E-state index contributed by atoms with van der Waals surface area (Å²) in [5.41, 5.74) is -1.60. The summed E-state index contributed by atoms with van der Waals surface area (Å²) in [5, 5.41) is 9.54. The molecule has 0 radical (unpaired) electrons. The van der Waals surface area contributed by atoms with Crippen molar-refractivity contribution in [1.29, 1.82) is 0 Å². The van der Waals surface area contributed by atoms with Crippen molar-refractivity contribution in [2.75, 3.05) is 12.4 Å². The van der Waals surface area contributed by atoms with E-state index in [1.807, 2.05) is 4.98 Å². The maximum Gasteiger partial charge on any atom is 0.336 e. The largest absolute Gasteiger partial charge is 0.405 e. The van der Waals surface area contributed by atoms with E-state index in [1.165, 1.54) is 7.11 Å². The number of nitrogens with zero attached hydrogens (tertiary/aromatic N) is 4. The van der Waals surface area contributed by atoms with E-state index >= 15 is 0 Å². The third-order valence-corrected chi connectivity index (χ3v) is 2.61. The number of fused-ring (bicyclic) bond motifs is 1. The second kappa shape index (κ2) is 5.25. The molecule has 0 bridgehead atoms. The molecule has 114 valence electrons. The molecule has 0 aliphatic rings. The molecule has 0 aliphatic heterocycles. The average molecular weight is 307 g/mol. The Morgan fingerprint density at radius 2 is 2.23 bits per heavy atom. The molecule has 0 atom stereocenters. The fraction of sp³-hybridized carbons (Fsp3) is 0.200. The molecule has 0 spiro atoms. The summed E-state index contributed by atoms with van der Waals surface area (Å²) < 4.78 is 10.8. The van der Waals surface area contributed by atoms with E-state index in [0.29, 0.717) is 0 Å². The number of rotatable bonds is 3. The van der Waals surface area contributed by atoms with E-state index in [-0.39, 0.29) is 29.7 Å². The van der Waals surface area contributed by atoms with Gasteiger partial charge in [-0.15, -0.1) is 5.10 Å². The third-order valence-electron chi connectivity index (χ3n) is 2.61. The number of nitrogens with one attached hydrogen (secondary N) is 3. The van der Waals surface area contributed by atoms with Crippen LogP contribution in [-0.2, 0) is 11.3 Å². The number of aromatic nitrogens is 6. The van der Waals surface area contributed by atoms with Crippen molar-refractivity contribution in [3.8, 4) is 0 Å². The Hall–Kier alpha value is -3.28. The molecule has 0 aliphatic carbocycles. The first-order chi connectivity index (χ1) is 10.6. The van der Waals surface area contributed by atoms with Gasteiger partial charge in [0.1, 0.15) is 12.9 Å². The van der Waals surface area contributed by atoms with Crippen molar-refractivity contribution in [1.82, 2.24) is 29.7 Å². The maximum absolute atomic E-state index is 12.1. The Morgan fingerprint density at radius 3 is 3.00 bits per heavy atom. The van der Waals surface area contributed by atoms with Crippen LogP contribution in [0.5, 0.6) is 0 Å². The van der Waals surface area contributed by atoms with Gasteiger partial charge < -0.3 is 9.15 Å². The zero-order chi connectivity index (χ0) is 15.7. The average Bonchev–Trinajstić information content (AvgIpc) is 3.06. The number of carbonyl (C=O) groups is 1. The van der Waals surface area contributed by atoms with Gasteiger partial charge in [-0.2, -0.15) is 0 Å². The van der Waals surface area contributed by atoms with Crippen LogP contribution in [-0.4, -0.2) is 42.9 Å². The van der Waals surface area contributed by atoms with Crippen molar-refractivity contribution in [2.45, 2.75) is 6.61 Å². The van der Waals surface area contributed by atoms with E-state index in [9.17, 15) is 14.4 Å². The highest BCUT2D eigenvalue weighted by Crippen LogP contribution is 2.08. The molecule has 3 heterocycles. The van der Waals surface area contributed by atoms with Crippen LogP contribution < -0.4 is 16.6 Å². The minimum absolute atomic E-state index is 0.0529. The summed E-state index contributed by atoms with van der Waals surface area (Å²) in [7, 11) is 1.45. The highest BCUT2D eigenvalue weighted by Gasteiger charge is 2.16. The predicted octanol–water partition coefficient (Wildman–Crippen LogP) is -0.978. The second-order valence-corrected chi connectivity index (χ2v) is 4.08. The van der Waals surface area contributed by atoms with Crippen LogP contribution in [0.2, 0.25) is 0 Å². The fourth-order valence-electron chi connectivity index (χ4n) is 1.73. The molecule has 3 aromatic heterocycles. The van der Waals surface area contributed by atoms with Gasteiger partial charge in [0, 0.05) is 7.11 Å². The second-order valence-electron chi connectivity index (χ2n) is 4.08. The van der Waals surface area contributed by atoms with E-state index in [2.05, 4.69) is 25.5 Å². The van der Waals surface area contributed by atoms with E-state index in [1.54, 1.807) is 0 Å². The molecule has 22 heavy (non-hydrogen) atoms. The number of anilines is 1. The third kappa shape index (κ3) is 2.37. The first-order valence-corrected chi connectivity index (χ1v) is 5.91. The van der Waals surface area contributed by atoms with Crippen LogP contribution in [0.25, 0.3) is 11.2 Å². The molecule has 12 nitrogen and oxygen atoms in total. The SMILES string of the molecule is COCc1nnc(NC(=O)n2cnc3c(=O)[nH]c(=O)[nH]c32)o1. The standard InChI is InChI=1S/C10H9N7O5/c1-21-2-4-15-16-9(22-4)14-10(20)17-3-11-5-6(17)12-8(19)13-7(5)18/h3H,2H2,1H3,(H,14,16,20)(H2,12,13,18,19). The van der Waals surface area contributed by atoms with Gasteiger partial charge in [-0.1, -0.05) is 5.10 Å². The lowest BCUT2D eigenvalue weighted by Gasteiger charge is -2.01. The minimum atomic E-state index is -0.757. The number of hydrogen-bond donors (Lipinski definition) is 3. The number of imidazole rings is 1. The van der Waals surface area contributed by atoms with E-state index in [0.717, 1.165) is 10.9 Å². The van der Waals surface area contributed by atoms with Crippen molar-refractivity contribution in [3.63, 3.8) is 0 Å². The molecule has 0 unspecified atom stereocenters. The number of H-pyrrole nitrogens is 2. The van der Waals surface area contributed by atoms with Crippen molar-refractivity contribution < 1.29 is 13.9 Å². The molecule has 3 N–H and O–H groups in total. The summed E-state index contributed by atoms with van der Waals surface area (Å²) in [5.74, 6) is 0.179. The molecular weight excluding hydrogens is 298 g/mol. The Kier molecular flexibility index (Phi) is 3.27. The van der Waals surface area contributed by atoms with Gasteiger partial charge in [-0.05, 0) is 0 Å². The smallest absolute Gasteiger partial charge is 0.336 e. The number of carbonyl (C=O) groups excluding carboxylic acids is 1. The molecule has 0 saturated heterocycles. The number of aromatic amines is 2. The Bertz CT molecular complexity index is 948. The van der Waals surface area contributed by atoms with Gasteiger partial charge in [0.15, 0.2) is 11.2 Å². The van der Waals surface area contributed by atoms with Crippen molar-refractivity contribution in [3.05, 3.63) is 33.1 Å². The van der Waals surface area contributed by atoms with Crippen LogP contribution >= 0.6 is 0 Å². The summed E-state index contributed by atoms with van der Waals surface area (Å²) in [4.78, 5) is 43.0. The number of hydrogen-bond acceptors (Lipinski definition) is 8. The Balaban J connectivity index is 1.92. The highest BCUT2D eigenvalue weighted by molar-refractivity contribution is 5.94. The van der Waals surface area contributed by atoms with Crippen LogP contribution in [0.4, 0.5) is 10.8 Å². The lowest BCUT2D eigenvalue weighted by atomic mass is 10.5. The molecular formula is C10H9N7O5. The van der Waals surface area contributed by atoms with Crippen LogP contribution in [0.15, 0.2) is 20.3 Å². The normalized spacial score (nSPS) is 11.0. The molecule has 0 fully saturated rings. The topological polar surface area (TPSA) is 161 Å². The monoisotopic (exact) mass is 307 g/mol. The lowest BCUT2D eigenvalue weighted by molar-refractivity contribution is 0.160. The van der Waals surface area contributed by atoms with Gasteiger partial charge in [0.05, 0.1) is 0 Å². The maximum atomic E-state index is 12.1. The summed E-state index contributed by atoms with van der Waals surface area (Å²) in [6, 6.07) is -0.901. The summed E-state index contributed by atoms with van der Waals surface area (Å²) in [6.45, 7) is 0.0968. The van der Waals surface area contributed by atoms with E-state index < -0.39 is 17.3 Å². The number of ether oxygens (including phenoxy) is 1. The van der Waals surface area contributed by atoms with Crippen LogP contribution in [0.1, 0.15) is 5.89 Å². The molecule has 3 aromatic rings. The molecule has 0 saturated carbocycles. The lowest BCUT2D eigenvalue weighted by Crippen LogP contribution is -2.25. The van der Waals surface area contributed by atoms with Gasteiger partial charge in [-0.3, -0.25) is 20.1 Å². The first kappa shape index (κ1) is 13.7. The quantitative estimate of drug-likeness (QED) is 0.556. The van der Waals surface area contributed by atoms with Crippen LogP contribution in [0, 0.1) is 0 Å². The predicted molar refractivity (Wildman–Crippen MR) is 70.4 cm³/mol. The molecule has 12 heteroatoms. The highest BCUT2D eigenvalue weighted by atomic mass is 16.5. The zero-order valence-corrected chi connectivity index (χ0v) is 11.1. The number of methoxy groups -OCH3 is 1. The first-order valence-electron chi connectivity index (χ1n) is 5.91. The van der Waals surface area contributed by atoms with Crippen molar-refractivity contribution in [2.24, 2.45) is 0 Å². The van der Waals surface area contributed by atoms with Crippen molar-refractivity contribution >= 4 is 23.2 Å². The van der Waals surface area contributed by atoms with Gasteiger partial charge in [0.2, 0.25) is 5.89 Å². The number of amides is 1. The molecule has 3 rings (SSSR count). The molecule has 0 aromatic carbocycles. The summed E-state index contributed by atoms with van der Waals surface area (Å²) >= 11 is 0.